The van der Waals surface area contributed by atoms with E-state index in [1.165, 1.54) is 24.3 Å². The molecule has 0 spiro atoms. The van der Waals surface area contributed by atoms with E-state index in [-0.39, 0.29) is 17.5 Å². The lowest BCUT2D eigenvalue weighted by molar-refractivity contribution is -0.275. The van der Waals surface area contributed by atoms with Gasteiger partial charge >= 0.3 is 12.7 Å². The van der Waals surface area contributed by atoms with Crippen LogP contribution in [0.5, 0.6) is 11.5 Å². The van der Waals surface area contributed by atoms with Gasteiger partial charge in [-0.2, -0.15) is 0 Å². The second-order valence-corrected chi connectivity index (χ2v) is 6.98. The van der Waals surface area contributed by atoms with Crippen molar-refractivity contribution in [3.05, 3.63) is 95.6 Å². The molecule has 0 radical (unpaired) electrons. The van der Waals surface area contributed by atoms with Gasteiger partial charge in [-0.1, -0.05) is 54.6 Å². The first-order valence-corrected chi connectivity index (χ1v) is 9.49. The second-order valence-electron chi connectivity index (χ2n) is 6.98. The first-order chi connectivity index (χ1) is 15.5. The van der Waals surface area contributed by atoms with E-state index in [9.17, 15) is 31.1 Å². The number of alkyl halides is 6. The van der Waals surface area contributed by atoms with Crippen LogP contribution in [0.1, 0.15) is 16.7 Å². The standard InChI is InChI=1S/C23H17F6NO3/c24-22(25,26)32-19-10-4-8-17(12-19)21(30-15-31,14-16-6-2-1-3-7-16)18-9-5-11-20(13-18)33-23(27,28)29/h1-13,15H,14H2,(H,30,31). The van der Waals surface area contributed by atoms with E-state index >= 15 is 0 Å². The molecule has 1 N–H and O–H groups in total. The molecule has 3 aromatic rings. The van der Waals surface area contributed by atoms with Crippen LogP contribution in [0.4, 0.5) is 26.3 Å². The predicted molar refractivity (Wildman–Crippen MR) is 106 cm³/mol. The summed E-state index contributed by atoms with van der Waals surface area (Å²) in [6.07, 6.45) is -9.58. The summed E-state index contributed by atoms with van der Waals surface area (Å²) in [7, 11) is 0. The number of halogens is 6. The van der Waals surface area contributed by atoms with Crippen molar-refractivity contribution in [1.82, 2.24) is 5.32 Å². The Morgan fingerprint density at radius 2 is 1.18 bits per heavy atom. The average molecular weight is 469 g/mol. The maximum Gasteiger partial charge on any atom is 0.573 e. The maximum atomic E-state index is 12.8. The highest BCUT2D eigenvalue weighted by atomic mass is 19.4. The highest BCUT2D eigenvalue weighted by molar-refractivity contribution is 5.56. The molecule has 0 saturated carbocycles. The number of benzene rings is 3. The van der Waals surface area contributed by atoms with E-state index in [1.807, 2.05) is 0 Å². The fourth-order valence-corrected chi connectivity index (χ4v) is 3.51. The molecular weight excluding hydrogens is 452 g/mol. The zero-order chi connectivity index (χ0) is 24.1. The lowest BCUT2D eigenvalue weighted by atomic mass is 9.78. The first kappa shape index (κ1) is 24.0. The highest BCUT2D eigenvalue weighted by Crippen LogP contribution is 2.38. The number of carbonyl (C=O) groups is 1. The Labute approximate surface area is 184 Å². The Bertz CT molecular complexity index is 1020. The molecule has 174 valence electrons. The number of amides is 1. The molecule has 1 amide bonds. The van der Waals surface area contributed by atoms with Gasteiger partial charge in [0.25, 0.3) is 0 Å². The number of ether oxygens (including phenoxy) is 2. The molecule has 0 heterocycles. The van der Waals surface area contributed by atoms with Gasteiger partial charge in [0.2, 0.25) is 6.41 Å². The Hall–Kier alpha value is -3.69. The van der Waals surface area contributed by atoms with Crippen molar-refractivity contribution in [2.45, 2.75) is 24.7 Å². The third-order valence-corrected chi connectivity index (χ3v) is 4.74. The molecule has 10 heteroatoms. The average Bonchev–Trinajstić information content (AvgIpc) is 2.72. The van der Waals surface area contributed by atoms with Gasteiger partial charge < -0.3 is 14.8 Å². The lowest BCUT2D eigenvalue weighted by Crippen LogP contribution is -2.45. The van der Waals surface area contributed by atoms with Gasteiger partial charge in [-0.3, -0.25) is 4.79 Å². The van der Waals surface area contributed by atoms with Crippen LogP contribution in [0.15, 0.2) is 78.9 Å². The number of hydrogen-bond donors (Lipinski definition) is 1. The molecule has 0 saturated heterocycles. The number of carbonyl (C=O) groups excluding carboxylic acids is 1. The van der Waals surface area contributed by atoms with Crippen molar-refractivity contribution < 1.29 is 40.6 Å². The van der Waals surface area contributed by atoms with E-state index in [4.69, 9.17) is 0 Å². The molecule has 3 aromatic carbocycles. The van der Waals surface area contributed by atoms with Crippen molar-refractivity contribution in [3.8, 4) is 11.5 Å². The Morgan fingerprint density at radius 3 is 1.61 bits per heavy atom. The minimum Gasteiger partial charge on any atom is -0.406 e. The van der Waals surface area contributed by atoms with Gasteiger partial charge in [-0.25, -0.2) is 0 Å². The SMILES string of the molecule is O=CNC(Cc1ccccc1)(c1cccc(OC(F)(F)F)c1)c1cccc(OC(F)(F)F)c1. The Kier molecular flexibility index (Phi) is 6.85. The van der Waals surface area contributed by atoms with Gasteiger partial charge in [0.05, 0.1) is 5.54 Å². The largest absolute Gasteiger partial charge is 0.573 e. The van der Waals surface area contributed by atoms with Crippen LogP contribution < -0.4 is 14.8 Å². The smallest absolute Gasteiger partial charge is 0.406 e. The van der Waals surface area contributed by atoms with Crippen LogP contribution in [-0.2, 0) is 16.8 Å². The van der Waals surface area contributed by atoms with Crippen molar-refractivity contribution >= 4 is 6.41 Å². The van der Waals surface area contributed by atoms with E-state index in [1.54, 1.807) is 30.3 Å². The summed E-state index contributed by atoms with van der Waals surface area (Å²) in [4.78, 5) is 11.7. The molecule has 0 aromatic heterocycles. The highest BCUT2D eigenvalue weighted by Gasteiger charge is 2.37. The van der Waals surface area contributed by atoms with E-state index in [2.05, 4.69) is 14.8 Å². The summed E-state index contributed by atoms with van der Waals surface area (Å²) in [6, 6.07) is 18.4. The normalized spacial score (nSPS) is 12.2. The summed E-state index contributed by atoms with van der Waals surface area (Å²) < 4.78 is 84.7. The zero-order valence-electron chi connectivity index (χ0n) is 16.8. The van der Waals surface area contributed by atoms with Gasteiger partial charge in [-0.15, -0.1) is 26.3 Å². The quantitative estimate of drug-likeness (QED) is 0.339. The summed E-state index contributed by atoms with van der Waals surface area (Å²) in [6.45, 7) is 0. The van der Waals surface area contributed by atoms with Crippen LogP contribution in [0.3, 0.4) is 0 Å². The maximum absolute atomic E-state index is 12.8. The summed E-state index contributed by atoms with van der Waals surface area (Å²) in [5.74, 6) is -1.10. The van der Waals surface area contributed by atoms with Gasteiger partial charge in [0, 0.05) is 6.42 Å². The summed E-state index contributed by atoms with van der Waals surface area (Å²) in [5, 5.41) is 2.60. The minimum absolute atomic E-state index is 0.0114. The summed E-state index contributed by atoms with van der Waals surface area (Å²) in [5.41, 5.74) is -0.566. The molecule has 0 aliphatic rings. The Morgan fingerprint density at radius 1 is 0.697 bits per heavy atom. The Balaban J connectivity index is 2.19. The molecule has 0 bridgehead atoms. The van der Waals surface area contributed by atoms with Crippen LogP contribution in [-0.4, -0.2) is 19.1 Å². The molecule has 0 atom stereocenters. The number of rotatable bonds is 8. The predicted octanol–water partition coefficient (Wildman–Crippen LogP) is 5.72. The van der Waals surface area contributed by atoms with Gasteiger partial charge in [-0.05, 0) is 41.0 Å². The van der Waals surface area contributed by atoms with E-state index in [0.717, 1.165) is 24.3 Å². The van der Waals surface area contributed by atoms with Crippen molar-refractivity contribution in [2.24, 2.45) is 0 Å². The van der Waals surface area contributed by atoms with Gasteiger partial charge in [0.1, 0.15) is 11.5 Å². The van der Waals surface area contributed by atoms with E-state index in [0.29, 0.717) is 12.0 Å². The van der Waals surface area contributed by atoms with Crippen LogP contribution in [0, 0.1) is 0 Å². The molecule has 0 fully saturated rings. The third-order valence-electron chi connectivity index (χ3n) is 4.74. The lowest BCUT2D eigenvalue weighted by Gasteiger charge is -2.35. The van der Waals surface area contributed by atoms with E-state index < -0.39 is 29.8 Å². The van der Waals surface area contributed by atoms with Crippen LogP contribution in [0.25, 0.3) is 0 Å². The summed E-state index contributed by atoms with van der Waals surface area (Å²) >= 11 is 0. The van der Waals surface area contributed by atoms with Gasteiger partial charge in [0.15, 0.2) is 0 Å². The fraction of sp³-hybridized carbons (Fsp3) is 0.174. The molecule has 0 unspecified atom stereocenters. The molecule has 0 aliphatic heterocycles. The molecule has 0 aliphatic carbocycles. The molecule has 4 nitrogen and oxygen atoms in total. The second kappa shape index (κ2) is 9.43. The molecule has 33 heavy (non-hydrogen) atoms. The molecular formula is C23H17F6NO3. The monoisotopic (exact) mass is 469 g/mol. The molecule has 3 rings (SSSR count). The number of hydrogen-bond acceptors (Lipinski definition) is 3. The fourth-order valence-electron chi connectivity index (χ4n) is 3.51. The van der Waals surface area contributed by atoms with Crippen molar-refractivity contribution in [1.29, 1.82) is 0 Å². The third kappa shape index (κ3) is 6.41. The zero-order valence-corrected chi connectivity index (χ0v) is 16.8. The van der Waals surface area contributed by atoms with Crippen molar-refractivity contribution in [3.63, 3.8) is 0 Å². The van der Waals surface area contributed by atoms with Crippen LogP contribution in [0.2, 0.25) is 0 Å². The topological polar surface area (TPSA) is 47.6 Å². The van der Waals surface area contributed by atoms with Crippen LogP contribution >= 0.6 is 0 Å². The minimum atomic E-state index is -4.96. The first-order valence-electron chi connectivity index (χ1n) is 9.49. The van der Waals surface area contributed by atoms with Crippen molar-refractivity contribution in [2.75, 3.05) is 0 Å². The number of nitrogens with one attached hydrogen (secondary N) is 1.